The molecule has 1 aliphatic heterocycles. The van der Waals surface area contributed by atoms with Crippen LogP contribution in [0.3, 0.4) is 0 Å². The fourth-order valence-electron chi connectivity index (χ4n) is 2.46. The average Bonchev–Trinajstić information content (AvgIpc) is 2.84. The number of hydrogen-bond acceptors (Lipinski definition) is 3. The molecule has 0 bridgehead atoms. The van der Waals surface area contributed by atoms with E-state index < -0.39 is 0 Å². The van der Waals surface area contributed by atoms with Crippen LogP contribution in [0, 0.1) is 0 Å². The summed E-state index contributed by atoms with van der Waals surface area (Å²) in [5.74, 6) is 0.144. The van der Waals surface area contributed by atoms with Crippen molar-refractivity contribution in [2.24, 2.45) is 0 Å². The highest BCUT2D eigenvalue weighted by molar-refractivity contribution is 5.90. The molecule has 0 saturated carbocycles. The lowest BCUT2D eigenvalue weighted by molar-refractivity contribution is -0.121. The zero-order valence-electron chi connectivity index (χ0n) is 11.2. The second-order valence-electron chi connectivity index (χ2n) is 5.52. The van der Waals surface area contributed by atoms with Gasteiger partial charge in [0.25, 0.3) is 0 Å². The Morgan fingerprint density at radius 2 is 2.33 bits per heavy atom. The summed E-state index contributed by atoms with van der Waals surface area (Å²) in [5.41, 5.74) is 1.76. The zero-order chi connectivity index (χ0) is 13.2. The normalized spacial score (nSPS) is 27.2. The molecule has 2 atom stereocenters. The minimum atomic E-state index is -0.342. The average molecular weight is 248 g/mol. The number of carbonyl (C=O) groups excluding carboxylic acids is 1. The van der Waals surface area contributed by atoms with Crippen LogP contribution in [-0.4, -0.2) is 11.4 Å². The van der Waals surface area contributed by atoms with Gasteiger partial charge in [-0.15, -0.1) is 0 Å². The minimum absolute atomic E-state index is 0.0632. The van der Waals surface area contributed by atoms with Crippen LogP contribution in [0.1, 0.15) is 51.7 Å². The van der Waals surface area contributed by atoms with Gasteiger partial charge in [0.2, 0.25) is 0 Å². The Bertz CT molecular complexity index is 440. The number of rotatable bonds is 4. The van der Waals surface area contributed by atoms with E-state index >= 15 is 0 Å². The van der Waals surface area contributed by atoms with Crippen molar-refractivity contribution in [3.8, 4) is 0 Å². The number of ketones is 1. The molecule has 3 heteroatoms. The third-order valence-corrected chi connectivity index (χ3v) is 3.27. The van der Waals surface area contributed by atoms with Crippen LogP contribution >= 0.6 is 0 Å². The first-order valence-electron chi connectivity index (χ1n) is 6.36. The maximum atomic E-state index is 11.8. The lowest BCUT2D eigenvalue weighted by Gasteiger charge is -2.23. The van der Waals surface area contributed by atoms with Gasteiger partial charge in [-0.25, -0.2) is 0 Å². The molecular formula is C15H20O3. The summed E-state index contributed by atoms with van der Waals surface area (Å²) in [7, 11) is 0. The van der Waals surface area contributed by atoms with Crippen molar-refractivity contribution in [3.05, 3.63) is 35.8 Å². The number of carbonyl (C=O) groups is 1. The topological polar surface area (TPSA) is 39.4 Å². The van der Waals surface area contributed by atoms with Crippen LogP contribution < -0.4 is 0 Å². The largest absolute Gasteiger partial charge is 0.472 e. The Kier molecular flexibility index (Phi) is 3.71. The van der Waals surface area contributed by atoms with Gasteiger partial charge in [-0.3, -0.25) is 4.79 Å². The van der Waals surface area contributed by atoms with Crippen molar-refractivity contribution in [1.82, 2.24) is 0 Å². The van der Waals surface area contributed by atoms with E-state index in [0.717, 1.165) is 24.0 Å². The van der Waals surface area contributed by atoms with Gasteiger partial charge in [-0.1, -0.05) is 5.57 Å². The first-order valence-corrected chi connectivity index (χ1v) is 6.36. The van der Waals surface area contributed by atoms with E-state index in [1.165, 1.54) is 0 Å². The van der Waals surface area contributed by atoms with Gasteiger partial charge in [0.1, 0.15) is 0 Å². The lowest BCUT2D eigenvalue weighted by Crippen LogP contribution is -2.26. The minimum Gasteiger partial charge on any atom is -0.472 e. The Hall–Kier alpha value is -1.35. The Balaban J connectivity index is 1.98. The summed E-state index contributed by atoms with van der Waals surface area (Å²) in [6, 6.07) is 1.92. The first-order chi connectivity index (χ1) is 8.48. The third kappa shape index (κ3) is 3.10. The zero-order valence-corrected chi connectivity index (χ0v) is 11.2. The van der Waals surface area contributed by atoms with Crippen molar-refractivity contribution >= 4 is 5.78 Å². The molecule has 0 unspecified atom stereocenters. The van der Waals surface area contributed by atoms with E-state index in [0.29, 0.717) is 6.42 Å². The van der Waals surface area contributed by atoms with Crippen molar-refractivity contribution in [2.75, 3.05) is 0 Å². The molecule has 98 valence electrons. The van der Waals surface area contributed by atoms with E-state index in [4.69, 9.17) is 9.15 Å². The van der Waals surface area contributed by atoms with E-state index in [2.05, 4.69) is 0 Å². The second kappa shape index (κ2) is 5.11. The second-order valence-corrected chi connectivity index (χ2v) is 5.52. The molecule has 18 heavy (non-hydrogen) atoms. The van der Waals surface area contributed by atoms with Crippen LogP contribution in [-0.2, 0) is 9.53 Å². The van der Waals surface area contributed by atoms with E-state index in [1.807, 2.05) is 26.8 Å². The van der Waals surface area contributed by atoms with Gasteiger partial charge in [-0.05, 0) is 45.8 Å². The van der Waals surface area contributed by atoms with Gasteiger partial charge in [0.15, 0.2) is 5.78 Å². The van der Waals surface area contributed by atoms with Gasteiger partial charge in [0, 0.05) is 12.0 Å². The fourth-order valence-corrected chi connectivity index (χ4v) is 2.46. The van der Waals surface area contributed by atoms with Crippen LogP contribution in [0.2, 0.25) is 0 Å². The number of ether oxygens (including phenoxy) is 1. The highest BCUT2D eigenvalue weighted by Gasteiger charge is 2.38. The van der Waals surface area contributed by atoms with E-state index in [9.17, 15) is 4.79 Å². The fraction of sp³-hybridized carbons (Fsp3) is 0.533. The van der Waals surface area contributed by atoms with Gasteiger partial charge in [0.05, 0.1) is 24.2 Å². The van der Waals surface area contributed by atoms with Gasteiger partial charge < -0.3 is 9.15 Å². The van der Waals surface area contributed by atoms with Crippen LogP contribution in [0.15, 0.2) is 34.7 Å². The Morgan fingerprint density at radius 3 is 2.94 bits per heavy atom. The molecule has 0 spiro atoms. The molecule has 0 aromatic carbocycles. The van der Waals surface area contributed by atoms with Crippen molar-refractivity contribution < 1.29 is 13.9 Å². The molecule has 1 aromatic heterocycles. The molecule has 0 N–H and O–H groups in total. The molecule has 1 fully saturated rings. The summed E-state index contributed by atoms with van der Waals surface area (Å²) in [6.07, 6.45) is 7.43. The van der Waals surface area contributed by atoms with Gasteiger partial charge in [-0.2, -0.15) is 0 Å². The van der Waals surface area contributed by atoms with E-state index in [-0.39, 0.29) is 17.5 Å². The predicted molar refractivity (Wildman–Crippen MR) is 69.2 cm³/mol. The highest BCUT2D eigenvalue weighted by Crippen LogP contribution is 2.41. The van der Waals surface area contributed by atoms with E-state index in [1.54, 1.807) is 18.6 Å². The number of hydrogen-bond donors (Lipinski definition) is 0. The Labute approximate surface area is 108 Å². The maximum Gasteiger partial charge on any atom is 0.158 e. The summed E-state index contributed by atoms with van der Waals surface area (Å²) in [4.78, 5) is 11.8. The molecule has 2 heterocycles. The van der Waals surface area contributed by atoms with Crippen molar-refractivity contribution in [3.63, 3.8) is 0 Å². The van der Waals surface area contributed by atoms with Gasteiger partial charge >= 0.3 is 0 Å². The van der Waals surface area contributed by atoms with Crippen LogP contribution in [0.5, 0.6) is 0 Å². The molecular weight excluding hydrogens is 228 g/mol. The highest BCUT2D eigenvalue weighted by atomic mass is 16.5. The SMILES string of the molecule is CC(C)=CC(=O)C[C@@]1(C)CC[C@H](c2ccoc2)O1. The maximum absolute atomic E-state index is 11.8. The first kappa shape index (κ1) is 13.1. The molecule has 0 amide bonds. The quantitative estimate of drug-likeness (QED) is 0.760. The molecule has 2 rings (SSSR count). The standard InChI is InChI=1S/C15H20O3/c1-11(2)8-13(16)9-15(3)6-4-14(18-15)12-5-7-17-10-12/h5,7-8,10,14H,4,6,9H2,1-3H3/t14-,15-/m1/s1. The number of furan rings is 1. The monoisotopic (exact) mass is 248 g/mol. The molecule has 0 aliphatic carbocycles. The van der Waals surface area contributed by atoms with Crippen molar-refractivity contribution in [1.29, 1.82) is 0 Å². The summed E-state index contributed by atoms with van der Waals surface area (Å²) >= 11 is 0. The smallest absolute Gasteiger partial charge is 0.158 e. The molecule has 1 aromatic rings. The summed E-state index contributed by atoms with van der Waals surface area (Å²) in [5, 5.41) is 0. The Morgan fingerprint density at radius 1 is 1.56 bits per heavy atom. The van der Waals surface area contributed by atoms with Crippen molar-refractivity contribution in [2.45, 2.75) is 51.7 Å². The third-order valence-electron chi connectivity index (χ3n) is 3.27. The molecule has 1 saturated heterocycles. The van der Waals surface area contributed by atoms with Crippen LogP contribution in [0.4, 0.5) is 0 Å². The van der Waals surface area contributed by atoms with Crippen LogP contribution in [0.25, 0.3) is 0 Å². The number of allylic oxidation sites excluding steroid dienone is 2. The molecule has 0 radical (unpaired) electrons. The molecule has 3 nitrogen and oxygen atoms in total. The summed E-state index contributed by atoms with van der Waals surface area (Å²) < 4.78 is 11.1. The predicted octanol–water partition coefficient (Wildman–Crippen LogP) is 3.82. The molecule has 1 aliphatic rings. The lowest BCUT2D eigenvalue weighted by atomic mass is 9.95. The summed E-state index contributed by atoms with van der Waals surface area (Å²) in [6.45, 7) is 5.89.